The van der Waals surface area contributed by atoms with Crippen molar-refractivity contribution in [2.75, 3.05) is 13.2 Å². The quantitative estimate of drug-likeness (QED) is 0.164. The monoisotopic (exact) mass is 416 g/mol. The topological polar surface area (TPSA) is 71.1 Å². The van der Waals surface area contributed by atoms with E-state index in [2.05, 4.69) is 27.7 Å². The van der Waals surface area contributed by atoms with E-state index in [9.17, 15) is 9.59 Å². The van der Waals surface area contributed by atoms with Gasteiger partial charge in [0, 0.05) is 25.7 Å². The van der Waals surface area contributed by atoms with E-state index in [1.807, 2.05) is 13.8 Å². The number of ether oxygens (including phenoxy) is 4. The van der Waals surface area contributed by atoms with Crippen LogP contribution in [0.3, 0.4) is 0 Å². The summed E-state index contributed by atoms with van der Waals surface area (Å²) in [6, 6.07) is 0. The molecule has 0 rings (SSSR count). The van der Waals surface area contributed by atoms with Crippen LogP contribution in [0.15, 0.2) is 0 Å². The molecule has 0 fully saturated rings. The van der Waals surface area contributed by atoms with Crippen LogP contribution in [0.4, 0.5) is 0 Å². The molecule has 6 nitrogen and oxygen atoms in total. The second-order valence-electron chi connectivity index (χ2n) is 7.91. The molecule has 0 aliphatic carbocycles. The SMILES string of the molecule is CCC(C)COC(CC)OC(=O)CCCCCC(=O)OC(CC)OCC(C)CC. The first-order valence-electron chi connectivity index (χ1n) is 11.5. The van der Waals surface area contributed by atoms with Crippen molar-refractivity contribution in [3.63, 3.8) is 0 Å². The molecule has 6 heteroatoms. The smallest absolute Gasteiger partial charge is 0.308 e. The minimum absolute atomic E-state index is 0.243. The maximum absolute atomic E-state index is 11.9. The summed E-state index contributed by atoms with van der Waals surface area (Å²) in [5, 5.41) is 0. The van der Waals surface area contributed by atoms with Crippen LogP contribution >= 0.6 is 0 Å². The van der Waals surface area contributed by atoms with Crippen molar-refractivity contribution >= 4 is 11.9 Å². The van der Waals surface area contributed by atoms with Gasteiger partial charge >= 0.3 is 11.9 Å². The maximum Gasteiger partial charge on any atom is 0.308 e. The van der Waals surface area contributed by atoms with E-state index in [0.717, 1.165) is 19.3 Å². The Morgan fingerprint density at radius 1 is 0.621 bits per heavy atom. The van der Waals surface area contributed by atoms with Crippen LogP contribution < -0.4 is 0 Å². The van der Waals surface area contributed by atoms with Crippen molar-refractivity contribution in [2.24, 2.45) is 11.8 Å². The molecule has 0 radical (unpaired) electrons. The first kappa shape index (κ1) is 27.9. The third-order valence-corrected chi connectivity index (χ3v) is 4.98. The number of carbonyl (C=O) groups excluding carboxylic acids is 2. The van der Waals surface area contributed by atoms with Gasteiger partial charge in [0.05, 0.1) is 13.2 Å². The summed E-state index contributed by atoms with van der Waals surface area (Å²) in [4.78, 5) is 23.9. The zero-order valence-electron chi connectivity index (χ0n) is 19.5. The van der Waals surface area contributed by atoms with Crippen LogP contribution in [0, 0.1) is 11.8 Å². The Bertz CT molecular complexity index is 388. The number of unbranched alkanes of at least 4 members (excludes halogenated alkanes) is 2. The Labute approximate surface area is 178 Å². The Balaban J connectivity index is 3.89. The Kier molecular flexibility index (Phi) is 17.0. The summed E-state index contributed by atoms with van der Waals surface area (Å²) in [5.74, 6) is 0.423. The van der Waals surface area contributed by atoms with Gasteiger partial charge in [-0.05, 0) is 24.7 Å². The molecule has 0 aromatic rings. The standard InChI is InChI=1S/C23H44O6/c1-7-18(5)16-26-22(9-3)28-20(24)14-12-11-13-15-21(25)29-23(10-4)27-17-19(6)8-2/h18-19,22-23H,7-17H2,1-6H3. The highest BCUT2D eigenvalue weighted by atomic mass is 16.7. The van der Waals surface area contributed by atoms with Crippen LogP contribution in [0.2, 0.25) is 0 Å². The van der Waals surface area contributed by atoms with Crippen molar-refractivity contribution < 1.29 is 28.5 Å². The molecule has 0 saturated carbocycles. The van der Waals surface area contributed by atoms with Crippen LogP contribution in [-0.2, 0) is 28.5 Å². The first-order chi connectivity index (χ1) is 13.9. The summed E-state index contributed by atoms with van der Waals surface area (Å²) in [6.07, 6.45) is 5.27. The van der Waals surface area contributed by atoms with E-state index in [1.54, 1.807) is 0 Å². The predicted octanol–water partition coefficient (Wildman–Crippen LogP) is 5.62. The molecule has 0 N–H and O–H groups in total. The molecule has 0 spiro atoms. The molecule has 4 unspecified atom stereocenters. The van der Waals surface area contributed by atoms with Crippen LogP contribution in [-0.4, -0.2) is 37.7 Å². The number of esters is 2. The predicted molar refractivity (Wildman–Crippen MR) is 114 cm³/mol. The summed E-state index contributed by atoms with van der Waals surface area (Å²) in [7, 11) is 0. The second kappa shape index (κ2) is 17.7. The van der Waals surface area contributed by atoms with Gasteiger partial charge in [-0.15, -0.1) is 0 Å². The lowest BCUT2D eigenvalue weighted by atomic mass is 10.1. The van der Waals surface area contributed by atoms with Gasteiger partial charge in [-0.2, -0.15) is 0 Å². The second-order valence-corrected chi connectivity index (χ2v) is 7.91. The molecule has 4 atom stereocenters. The van der Waals surface area contributed by atoms with Crippen LogP contribution in [0.25, 0.3) is 0 Å². The van der Waals surface area contributed by atoms with Gasteiger partial charge in [-0.25, -0.2) is 0 Å². The zero-order chi connectivity index (χ0) is 22.1. The summed E-state index contributed by atoms with van der Waals surface area (Å²) in [5.41, 5.74) is 0. The molecule has 0 heterocycles. The van der Waals surface area contributed by atoms with Gasteiger partial charge in [0.1, 0.15) is 0 Å². The fraction of sp³-hybridized carbons (Fsp3) is 0.913. The normalized spacial score (nSPS) is 15.4. The van der Waals surface area contributed by atoms with E-state index in [-0.39, 0.29) is 11.9 Å². The highest BCUT2D eigenvalue weighted by Gasteiger charge is 2.15. The van der Waals surface area contributed by atoms with Gasteiger partial charge < -0.3 is 18.9 Å². The molecular weight excluding hydrogens is 372 g/mol. The van der Waals surface area contributed by atoms with Crippen LogP contribution in [0.1, 0.15) is 99.3 Å². The van der Waals surface area contributed by atoms with Crippen LogP contribution in [0.5, 0.6) is 0 Å². The zero-order valence-corrected chi connectivity index (χ0v) is 19.5. The molecule has 0 aliphatic rings. The first-order valence-corrected chi connectivity index (χ1v) is 11.5. The minimum Gasteiger partial charge on any atom is -0.436 e. The molecule has 0 saturated heterocycles. The van der Waals surface area contributed by atoms with Crippen molar-refractivity contribution in [3.05, 3.63) is 0 Å². The van der Waals surface area contributed by atoms with Gasteiger partial charge in [0.25, 0.3) is 0 Å². The third-order valence-electron chi connectivity index (χ3n) is 4.98. The largest absolute Gasteiger partial charge is 0.436 e. The molecule has 0 aromatic heterocycles. The molecule has 172 valence electrons. The highest BCUT2D eigenvalue weighted by molar-refractivity contribution is 5.70. The van der Waals surface area contributed by atoms with Crippen molar-refractivity contribution in [2.45, 2.75) is 112 Å². The lowest BCUT2D eigenvalue weighted by molar-refractivity contribution is -0.182. The Morgan fingerprint density at radius 3 is 1.31 bits per heavy atom. The fourth-order valence-corrected chi connectivity index (χ4v) is 2.38. The van der Waals surface area contributed by atoms with E-state index < -0.39 is 12.6 Å². The molecule has 0 bridgehead atoms. The molecular formula is C23H44O6. The van der Waals surface area contributed by atoms with E-state index in [4.69, 9.17) is 18.9 Å². The number of hydrogen-bond acceptors (Lipinski definition) is 6. The molecule has 29 heavy (non-hydrogen) atoms. The van der Waals surface area contributed by atoms with E-state index in [0.29, 0.717) is 63.6 Å². The summed E-state index contributed by atoms with van der Waals surface area (Å²) < 4.78 is 22.0. The molecule has 0 amide bonds. The number of carbonyl (C=O) groups is 2. The summed E-state index contributed by atoms with van der Waals surface area (Å²) >= 11 is 0. The molecule has 0 aliphatic heterocycles. The van der Waals surface area contributed by atoms with Gasteiger partial charge in [0.15, 0.2) is 0 Å². The minimum atomic E-state index is -0.465. The number of hydrogen-bond donors (Lipinski definition) is 0. The lowest BCUT2D eigenvalue weighted by Gasteiger charge is -2.19. The maximum atomic E-state index is 11.9. The number of rotatable bonds is 18. The Hall–Kier alpha value is -1.14. The van der Waals surface area contributed by atoms with Crippen molar-refractivity contribution in [3.8, 4) is 0 Å². The fourth-order valence-electron chi connectivity index (χ4n) is 2.38. The van der Waals surface area contributed by atoms with Gasteiger partial charge in [-0.1, -0.05) is 60.8 Å². The summed E-state index contributed by atoms with van der Waals surface area (Å²) in [6.45, 7) is 13.5. The third kappa shape index (κ3) is 15.4. The van der Waals surface area contributed by atoms with Crippen molar-refractivity contribution in [1.29, 1.82) is 0 Å². The highest BCUT2D eigenvalue weighted by Crippen LogP contribution is 2.12. The average Bonchev–Trinajstić information content (AvgIpc) is 2.72. The van der Waals surface area contributed by atoms with E-state index in [1.165, 1.54) is 0 Å². The molecule has 0 aromatic carbocycles. The Morgan fingerprint density at radius 2 is 1.00 bits per heavy atom. The lowest BCUT2D eigenvalue weighted by Crippen LogP contribution is -2.23. The van der Waals surface area contributed by atoms with E-state index >= 15 is 0 Å². The average molecular weight is 417 g/mol. The van der Waals surface area contributed by atoms with Gasteiger partial charge in [0.2, 0.25) is 12.6 Å². The van der Waals surface area contributed by atoms with Crippen molar-refractivity contribution in [1.82, 2.24) is 0 Å². The van der Waals surface area contributed by atoms with Gasteiger partial charge in [-0.3, -0.25) is 9.59 Å².